The van der Waals surface area contributed by atoms with Crippen molar-refractivity contribution < 1.29 is 4.79 Å². The quantitative estimate of drug-likeness (QED) is 0.766. The predicted octanol–water partition coefficient (Wildman–Crippen LogP) is 5.11. The maximum absolute atomic E-state index is 12.1. The van der Waals surface area contributed by atoms with E-state index in [1.165, 1.54) is 0 Å². The van der Waals surface area contributed by atoms with Gasteiger partial charge in [0.05, 0.1) is 22.3 Å². The molecule has 23 heavy (non-hydrogen) atoms. The lowest BCUT2D eigenvalue weighted by molar-refractivity contribution is -0.115. The fourth-order valence-corrected chi connectivity index (χ4v) is 2.69. The highest BCUT2D eigenvalue weighted by atomic mass is 35.5. The topological polar surface area (TPSA) is 41.1 Å². The third kappa shape index (κ3) is 4.85. The molecule has 0 heterocycles. The smallest absolute Gasteiger partial charge is 0.238 e. The van der Waals surface area contributed by atoms with Gasteiger partial charge in [-0.1, -0.05) is 53.0 Å². The van der Waals surface area contributed by atoms with Crippen LogP contribution in [-0.4, -0.2) is 12.5 Å². The first-order chi connectivity index (χ1) is 10.8. The van der Waals surface area contributed by atoms with Crippen LogP contribution in [0.1, 0.15) is 19.4 Å². The minimum absolute atomic E-state index is 0.122. The van der Waals surface area contributed by atoms with Crippen LogP contribution in [0.4, 0.5) is 5.69 Å². The first kappa shape index (κ1) is 18.1. The molecule has 122 valence electrons. The largest absolute Gasteiger partial charge is 0.322 e. The highest BCUT2D eigenvalue weighted by Gasteiger charge is 2.21. The molecular weight excluding hydrogens is 355 g/mol. The average molecular weight is 372 g/mol. The molecule has 3 nitrogen and oxygen atoms in total. The van der Waals surface area contributed by atoms with Crippen LogP contribution < -0.4 is 10.6 Å². The van der Waals surface area contributed by atoms with Crippen LogP contribution in [0.5, 0.6) is 0 Å². The molecule has 0 spiro atoms. The Kier molecular flexibility index (Phi) is 5.93. The van der Waals surface area contributed by atoms with Crippen molar-refractivity contribution in [1.29, 1.82) is 0 Å². The highest BCUT2D eigenvalue weighted by molar-refractivity contribution is 6.39. The van der Waals surface area contributed by atoms with Crippen LogP contribution >= 0.6 is 34.8 Å². The molecule has 2 aromatic carbocycles. The second-order valence-electron chi connectivity index (χ2n) is 5.63. The lowest BCUT2D eigenvalue weighted by Crippen LogP contribution is -2.41. The first-order valence-electron chi connectivity index (χ1n) is 7.04. The van der Waals surface area contributed by atoms with Crippen molar-refractivity contribution in [2.45, 2.75) is 19.4 Å². The van der Waals surface area contributed by atoms with E-state index in [-0.39, 0.29) is 18.0 Å². The van der Waals surface area contributed by atoms with Gasteiger partial charge in [0, 0.05) is 10.6 Å². The third-order valence-electron chi connectivity index (χ3n) is 3.48. The van der Waals surface area contributed by atoms with Gasteiger partial charge >= 0.3 is 0 Å². The Bertz CT molecular complexity index is 679. The molecule has 0 unspecified atom stereocenters. The summed E-state index contributed by atoms with van der Waals surface area (Å²) in [7, 11) is 0. The second-order valence-corrected chi connectivity index (χ2v) is 6.88. The molecule has 2 aromatic rings. The minimum Gasteiger partial charge on any atom is -0.322 e. The van der Waals surface area contributed by atoms with Crippen molar-refractivity contribution in [3.8, 4) is 0 Å². The molecule has 0 bridgehead atoms. The van der Waals surface area contributed by atoms with Crippen LogP contribution in [0, 0.1) is 0 Å². The zero-order valence-electron chi connectivity index (χ0n) is 12.8. The zero-order valence-corrected chi connectivity index (χ0v) is 15.1. The van der Waals surface area contributed by atoms with Crippen molar-refractivity contribution in [3.63, 3.8) is 0 Å². The molecule has 0 radical (unpaired) electrons. The summed E-state index contributed by atoms with van der Waals surface area (Å²) in [6.07, 6.45) is 0. The van der Waals surface area contributed by atoms with E-state index in [0.29, 0.717) is 20.8 Å². The van der Waals surface area contributed by atoms with E-state index in [1.807, 2.05) is 38.1 Å². The average Bonchev–Trinajstić information content (AvgIpc) is 2.50. The Morgan fingerprint density at radius 2 is 1.57 bits per heavy atom. The number of hydrogen-bond donors (Lipinski definition) is 2. The Hall–Kier alpha value is -1.26. The van der Waals surface area contributed by atoms with E-state index in [2.05, 4.69) is 10.6 Å². The van der Waals surface area contributed by atoms with Crippen molar-refractivity contribution in [2.75, 3.05) is 11.9 Å². The maximum Gasteiger partial charge on any atom is 0.238 e. The summed E-state index contributed by atoms with van der Waals surface area (Å²) in [5, 5.41) is 7.42. The molecule has 2 N–H and O–H groups in total. The van der Waals surface area contributed by atoms with Crippen LogP contribution in [0.25, 0.3) is 0 Å². The van der Waals surface area contributed by atoms with Crippen molar-refractivity contribution >= 4 is 46.4 Å². The summed E-state index contributed by atoms with van der Waals surface area (Å²) in [5.74, 6) is -0.220. The van der Waals surface area contributed by atoms with E-state index in [1.54, 1.807) is 18.2 Å². The molecule has 0 aliphatic carbocycles. The fraction of sp³-hybridized carbons (Fsp3) is 0.235. The third-order valence-corrected chi connectivity index (χ3v) is 4.37. The number of amides is 1. The molecule has 0 aliphatic heterocycles. The number of carbonyl (C=O) groups excluding carboxylic acids is 1. The van der Waals surface area contributed by atoms with Crippen LogP contribution in [-0.2, 0) is 10.3 Å². The lowest BCUT2D eigenvalue weighted by atomic mass is 9.94. The summed E-state index contributed by atoms with van der Waals surface area (Å²) >= 11 is 18.0. The first-order valence-corrected chi connectivity index (χ1v) is 8.18. The summed E-state index contributed by atoms with van der Waals surface area (Å²) in [6.45, 7) is 4.11. The van der Waals surface area contributed by atoms with Gasteiger partial charge in [-0.3, -0.25) is 10.1 Å². The molecule has 0 fully saturated rings. The Labute approximate surface area is 150 Å². The Balaban J connectivity index is 1.99. The monoisotopic (exact) mass is 370 g/mol. The Morgan fingerprint density at radius 1 is 1.00 bits per heavy atom. The molecule has 2 rings (SSSR count). The van der Waals surface area contributed by atoms with Gasteiger partial charge < -0.3 is 5.32 Å². The fourth-order valence-electron chi connectivity index (χ4n) is 2.07. The van der Waals surface area contributed by atoms with E-state index in [4.69, 9.17) is 34.8 Å². The summed E-state index contributed by atoms with van der Waals surface area (Å²) in [4.78, 5) is 12.1. The number of para-hydroxylation sites is 1. The summed E-state index contributed by atoms with van der Waals surface area (Å²) in [5.41, 5.74) is 1.07. The summed E-state index contributed by atoms with van der Waals surface area (Å²) < 4.78 is 0. The van der Waals surface area contributed by atoms with E-state index in [0.717, 1.165) is 5.56 Å². The number of carbonyl (C=O) groups is 1. The Morgan fingerprint density at radius 3 is 2.13 bits per heavy atom. The van der Waals surface area contributed by atoms with Gasteiger partial charge in [0.15, 0.2) is 0 Å². The van der Waals surface area contributed by atoms with Gasteiger partial charge in [-0.25, -0.2) is 0 Å². The lowest BCUT2D eigenvalue weighted by Gasteiger charge is -2.27. The van der Waals surface area contributed by atoms with E-state index >= 15 is 0 Å². The number of benzene rings is 2. The van der Waals surface area contributed by atoms with E-state index in [9.17, 15) is 4.79 Å². The maximum atomic E-state index is 12.1. The van der Waals surface area contributed by atoms with Crippen LogP contribution in [0.15, 0.2) is 42.5 Å². The van der Waals surface area contributed by atoms with Crippen LogP contribution in [0.2, 0.25) is 15.1 Å². The number of halogens is 3. The summed E-state index contributed by atoms with van der Waals surface area (Å²) in [6, 6.07) is 12.6. The minimum atomic E-state index is -0.383. The van der Waals surface area contributed by atoms with Crippen LogP contribution in [0.3, 0.4) is 0 Å². The normalized spacial score (nSPS) is 11.3. The number of nitrogens with one attached hydrogen (secondary N) is 2. The molecule has 6 heteroatoms. The number of anilines is 1. The standard InChI is InChI=1S/C17H17Cl3N2O/c1-17(2,11-6-8-12(18)9-7-11)21-10-15(23)22-16-13(19)4-3-5-14(16)20/h3-9,21H,10H2,1-2H3,(H,22,23). The second kappa shape index (κ2) is 7.54. The highest BCUT2D eigenvalue weighted by Crippen LogP contribution is 2.29. The molecule has 0 atom stereocenters. The van der Waals surface area contributed by atoms with Gasteiger partial charge in [0.2, 0.25) is 5.91 Å². The van der Waals surface area contributed by atoms with Crippen molar-refractivity contribution in [1.82, 2.24) is 5.32 Å². The molecular formula is C17H17Cl3N2O. The van der Waals surface area contributed by atoms with Gasteiger partial charge in [-0.2, -0.15) is 0 Å². The zero-order chi connectivity index (χ0) is 17.0. The molecule has 0 aliphatic rings. The number of rotatable bonds is 5. The van der Waals surface area contributed by atoms with Gasteiger partial charge in [-0.15, -0.1) is 0 Å². The van der Waals surface area contributed by atoms with Crippen molar-refractivity contribution in [2.24, 2.45) is 0 Å². The van der Waals surface area contributed by atoms with Gasteiger partial charge in [-0.05, 0) is 43.7 Å². The van der Waals surface area contributed by atoms with Gasteiger partial charge in [0.25, 0.3) is 0 Å². The predicted molar refractivity (Wildman–Crippen MR) is 97.6 cm³/mol. The number of hydrogen-bond acceptors (Lipinski definition) is 2. The van der Waals surface area contributed by atoms with E-state index < -0.39 is 0 Å². The van der Waals surface area contributed by atoms with Crippen molar-refractivity contribution in [3.05, 3.63) is 63.1 Å². The SMILES string of the molecule is CC(C)(NCC(=O)Nc1c(Cl)cccc1Cl)c1ccc(Cl)cc1. The molecule has 0 saturated heterocycles. The molecule has 1 amide bonds. The molecule has 0 aromatic heterocycles. The van der Waals surface area contributed by atoms with Gasteiger partial charge in [0.1, 0.15) is 0 Å². The molecule has 0 saturated carbocycles.